The van der Waals surface area contributed by atoms with Crippen LogP contribution in [-0.4, -0.2) is 51.8 Å². The minimum Gasteiger partial charge on any atom is -0.390 e. The lowest BCUT2D eigenvalue weighted by atomic mass is 10.2. The maximum Gasteiger partial charge on any atom is 0.229 e. The van der Waals surface area contributed by atoms with Crippen molar-refractivity contribution in [1.82, 2.24) is 10.1 Å². The standard InChI is InChI=1S/C12H20N2O3S2/c1-3-9-11(19-5-4-18-9)12-13-10(17-14-12)6-8(15)7-16-2/h8-9,11,15H,3-7H2,1-2H3. The van der Waals surface area contributed by atoms with E-state index in [0.29, 0.717) is 22.8 Å². The van der Waals surface area contributed by atoms with Crippen molar-refractivity contribution < 1.29 is 14.4 Å². The highest BCUT2D eigenvalue weighted by molar-refractivity contribution is 8.06. The molecule has 1 aromatic rings. The molecule has 1 aromatic heterocycles. The van der Waals surface area contributed by atoms with Gasteiger partial charge in [0, 0.05) is 23.9 Å². The fourth-order valence-corrected chi connectivity index (χ4v) is 5.04. The van der Waals surface area contributed by atoms with Crippen LogP contribution >= 0.6 is 23.5 Å². The van der Waals surface area contributed by atoms with Gasteiger partial charge in [0.15, 0.2) is 5.82 Å². The van der Waals surface area contributed by atoms with Crippen molar-refractivity contribution in [2.75, 3.05) is 25.2 Å². The number of aromatic nitrogens is 2. The summed E-state index contributed by atoms with van der Waals surface area (Å²) in [7, 11) is 1.56. The highest BCUT2D eigenvalue weighted by Crippen LogP contribution is 2.42. The third kappa shape index (κ3) is 4.11. The number of nitrogens with zero attached hydrogens (tertiary/aromatic N) is 2. The van der Waals surface area contributed by atoms with E-state index in [2.05, 4.69) is 17.1 Å². The molecule has 0 aliphatic carbocycles. The van der Waals surface area contributed by atoms with Crippen molar-refractivity contribution in [2.45, 2.75) is 36.4 Å². The van der Waals surface area contributed by atoms with Crippen LogP contribution in [0.25, 0.3) is 0 Å². The molecule has 3 atom stereocenters. The molecule has 0 bridgehead atoms. The normalized spacial score (nSPS) is 25.4. The minimum atomic E-state index is -0.589. The first kappa shape index (κ1) is 15.2. The van der Waals surface area contributed by atoms with Crippen molar-refractivity contribution in [1.29, 1.82) is 0 Å². The van der Waals surface area contributed by atoms with Crippen LogP contribution < -0.4 is 0 Å². The Balaban J connectivity index is 1.99. The molecule has 7 heteroatoms. The maximum absolute atomic E-state index is 9.66. The molecule has 1 aliphatic heterocycles. The predicted molar refractivity (Wildman–Crippen MR) is 77.6 cm³/mol. The molecule has 0 saturated carbocycles. The number of hydrogen-bond acceptors (Lipinski definition) is 7. The lowest BCUT2D eigenvalue weighted by molar-refractivity contribution is 0.0599. The van der Waals surface area contributed by atoms with E-state index >= 15 is 0 Å². The molecule has 0 spiro atoms. The molecule has 108 valence electrons. The Hall–Kier alpha value is -0.240. The number of ether oxygens (including phenoxy) is 1. The second-order valence-corrected chi connectivity index (χ2v) is 7.07. The Bertz CT molecular complexity index is 389. The SMILES string of the molecule is CCC1SCCSC1c1noc(CC(O)COC)n1. The van der Waals surface area contributed by atoms with E-state index in [0.717, 1.165) is 18.0 Å². The van der Waals surface area contributed by atoms with Crippen LogP contribution in [0.4, 0.5) is 0 Å². The number of hydrogen-bond donors (Lipinski definition) is 1. The molecule has 0 aromatic carbocycles. The van der Waals surface area contributed by atoms with Gasteiger partial charge in [-0.3, -0.25) is 0 Å². The summed E-state index contributed by atoms with van der Waals surface area (Å²) in [5.74, 6) is 3.58. The molecule has 3 unspecified atom stereocenters. The number of methoxy groups -OCH3 is 1. The van der Waals surface area contributed by atoms with Crippen LogP contribution in [0.3, 0.4) is 0 Å². The first-order valence-corrected chi connectivity index (χ1v) is 8.57. The van der Waals surface area contributed by atoms with Crippen LogP contribution in [0.15, 0.2) is 4.52 Å². The summed E-state index contributed by atoms with van der Waals surface area (Å²) >= 11 is 3.88. The third-order valence-electron chi connectivity index (χ3n) is 2.96. The maximum atomic E-state index is 9.66. The van der Waals surface area contributed by atoms with Gasteiger partial charge in [0.05, 0.1) is 24.4 Å². The first-order chi connectivity index (χ1) is 9.24. The molecule has 2 heterocycles. The lowest BCUT2D eigenvalue weighted by Crippen LogP contribution is -2.20. The fourth-order valence-electron chi connectivity index (χ4n) is 2.06. The van der Waals surface area contributed by atoms with Gasteiger partial charge in [-0.05, 0) is 6.42 Å². The summed E-state index contributed by atoms with van der Waals surface area (Å²) in [5, 5.41) is 14.6. The van der Waals surface area contributed by atoms with Crippen molar-refractivity contribution in [3.8, 4) is 0 Å². The van der Waals surface area contributed by atoms with Gasteiger partial charge in [-0.25, -0.2) is 0 Å². The van der Waals surface area contributed by atoms with Crippen LogP contribution in [0.1, 0.15) is 30.3 Å². The summed E-state index contributed by atoms with van der Waals surface area (Å²) < 4.78 is 10.1. The molecular weight excluding hydrogens is 284 g/mol. The van der Waals surface area contributed by atoms with Gasteiger partial charge in [0.1, 0.15) is 0 Å². The van der Waals surface area contributed by atoms with E-state index in [1.807, 2.05) is 23.5 Å². The number of thioether (sulfide) groups is 2. The number of aliphatic hydroxyl groups excluding tert-OH is 1. The van der Waals surface area contributed by atoms with E-state index < -0.39 is 6.10 Å². The molecular formula is C12H20N2O3S2. The quantitative estimate of drug-likeness (QED) is 0.861. The third-order valence-corrected chi connectivity index (χ3v) is 6.20. The summed E-state index contributed by atoms with van der Waals surface area (Å²) in [6.45, 7) is 2.48. The molecule has 19 heavy (non-hydrogen) atoms. The molecule has 0 amide bonds. The van der Waals surface area contributed by atoms with E-state index in [1.54, 1.807) is 7.11 Å². The second-order valence-electron chi connectivity index (χ2n) is 4.47. The summed E-state index contributed by atoms with van der Waals surface area (Å²) in [4.78, 5) is 4.43. The smallest absolute Gasteiger partial charge is 0.229 e. The van der Waals surface area contributed by atoms with Crippen LogP contribution in [-0.2, 0) is 11.2 Å². The summed E-state index contributed by atoms with van der Waals surface area (Å²) in [6, 6.07) is 0. The first-order valence-electron chi connectivity index (χ1n) is 6.47. The van der Waals surface area contributed by atoms with Gasteiger partial charge in [0.25, 0.3) is 0 Å². The Kier molecular flexibility index (Phi) is 6.00. The highest BCUT2D eigenvalue weighted by atomic mass is 32.2. The molecule has 2 rings (SSSR count). The zero-order chi connectivity index (χ0) is 13.7. The highest BCUT2D eigenvalue weighted by Gasteiger charge is 2.30. The van der Waals surface area contributed by atoms with Gasteiger partial charge in [0.2, 0.25) is 5.89 Å². The average Bonchev–Trinajstić information content (AvgIpc) is 2.87. The van der Waals surface area contributed by atoms with Crippen LogP contribution in [0.2, 0.25) is 0 Å². The Morgan fingerprint density at radius 1 is 1.47 bits per heavy atom. The van der Waals surface area contributed by atoms with Gasteiger partial charge in [-0.2, -0.15) is 16.7 Å². The van der Waals surface area contributed by atoms with Crippen molar-refractivity contribution in [2.24, 2.45) is 0 Å². The summed E-state index contributed by atoms with van der Waals surface area (Å²) in [6.07, 6.45) is 0.870. The van der Waals surface area contributed by atoms with Crippen molar-refractivity contribution in [3.63, 3.8) is 0 Å². The fraction of sp³-hybridized carbons (Fsp3) is 0.833. The molecule has 1 saturated heterocycles. The Morgan fingerprint density at radius 3 is 3.00 bits per heavy atom. The zero-order valence-electron chi connectivity index (χ0n) is 11.2. The van der Waals surface area contributed by atoms with Crippen LogP contribution in [0.5, 0.6) is 0 Å². The molecule has 1 fully saturated rings. The number of aliphatic hydroxyl groups is 1. The largest absolute Gasteiger partial charge is 0.390 e. The van der Waals surface area contributed by atoms with Gasteiger partial charge in [-0.15, -0.1) is 11.8 Å². The van der Waals surface area contributed by atoms with Gasteiger partial charge in [-0.1, -0.05) is 12.1 Å². The molecule has 5 nitrogen and oxygen atoms in total. The van der Waals surface area contributed by atoms with Crippen molar-refractivity contribution >= 4 is 23.5 Å². The lowest BCUT2D eigenvalue weighted by Gasteiger charge is -2.27. The van der Waals surface area contributed by atoms with Crippen molar-refractivity contribution in [3.05, 3.63) is 11.7 Å². The van der Waals surface area contributed by atoms with E-state index in [1.165, 1.54) is 5.75 Å². The average molecular weight is 304 g/mol. The van der Waals surface area contributed by atoms with Crippen LogP contribution in [0, 0.1) is 0 Å². The van der Waals surface area contributed by atoms with E-state index in [4.69, 9.17) is 9.26 Å². The molecule has 0 radical (unpaired) electrons. The number of rotatable bonds is 6. The van der Waals surface area contributed by atoms with E-state index in [9.17, 15) is 5.11 Å². The Morgan fingerprint density at radius 2 is 2.26 bits per heavy atom. The van der Waals surface area contributed by atoms with Gasteiger partial charge >= 0.3 is 0 Å². The molecule has 1 N–H and O–H groups in total. The van der Waals surface area contributed by atoms with E-state index in [-0.39, 0.29) is 6.61 Å². The predicted octanol–water partition coefficient (Wildman–Crippen LogP) is 1.92. The monoisotopic (exact) mass is 304 g/mol. The Labute approximate surface area is 121 Å². The minimum absolute atomic E-state index is 0.281. The van der Waals surface area contributed by atoms with Gasteiger partial charge < -0.3 is 14.4 Å². The molecule has 1 aliphatic rings. The zero-order valence-corrected chi connectivity index (χ0v) is 12.9. The second kappa shape index (κ2) is 7.52. The summed E-state index contributed by atoms with van der Waals surface area (Å²) in [5.41, 5.74) is 0. The topological polar surface area (TPSA) is 68.4 Å².